The van der Waals surface area contributed by atoms with Crippen molar-refractivity contribution in [2.75, 3.05) is 26.3 Å². The summed E-state index contributed by atoms with van der Waals surface area (Å²) >= 11 is 0. The van der Waals surface area contributed by atoms with Crippen LogP contribution in [0.5, 0.6) is 0 Å². The number of nitrogens with zero attached hydrogens (tertiary/aromatic N) is 1. The number of aliphatic carboxylic acids is 1. The normalized spacial score (nSPS) is 21.3. The van der Waals surface area contributed by atoms with E-state index in [-0.39, 0.29) is 18.6 Å². The van der Waals surface area contributed by atoms with Crippen molar-refractivity contribution >= 4 is 11.9 Å². The minimum absolute atomic E-state index is 0.0185. The van der Waals surface area contributed by atoms with Gasteiger partial charge in [0, 0.05) is 26.2 Å². The van der Waals surface area contributed by atoms with Crippen molar-refractivity contribution in [3.63, 3.8) is 0 Å². The maximum absolute atomic E-state index is 11.9. The summed E-state index contributed by atoms with van der Waals surface area (Å²) in [6, 6.07) is 9.52. The Hall–Kier alpha value is -1.92. The number of carbonyl (C=O) groups excluding carboxylic acids is 1. The van der Waals surface area contributed by atoms with E-state index in [1.165, 1.54) is 0 Å². The molecule has 2 N–H and O–H groups in total. The lowest BCUT2D eigenvalue weighted by Gasteiger charge is -2.17. The maximum Gasteiger partial charge on any atom is 0.309 e. The van der Waals surface area contributed by atoms with Crippen LogP contribution in [0.3, 0.4) is 0 Å². The van der Waals surface area contributed by atoms with Crippen LogP contribution in [0.25, 0.3) is 0 Å². The van der Waals surface area contributed by atoms with Crippen molar-refractivity contribution in [1.82, 2.24) is 10.2 Å². The fourth-order valence-electron chi connectivity index (χ4n) is 2.81. The number of amides is 1. The van der Waals surface area contributed by atoms with Crippen LogP contribution in [0.1, 0.15) is 18.9 Å². The molecule has 0 aliphatic carbocycles. The monoisotopic (exact) mass is 320 g/mol. The van der Waals surface area contributed by atoms with E-state index in [1.807, 2.05) is 37.3 Å². The van der Waals surface area contributed by atoms with Gasteiger partial charge >= 0.3 is 5.97 Å². The van der Waals surface area contributed by atoms with Crippen LogP contribution in [0.4, 0.5) is 0 Å². The first-order valence-electron chi connectivity index (χ1n) is 7.96. The molecular weight excluding hydrogens is 296 g/mol. The van der Waals surface area contributed by atoms with E-state index in [0.717, 1.165) is 12.0 Å². The Morgan fingerprint density at radius 2 is 2.04 bits per heavy atom. The molecule has 6 nitrogen and oxygen atoms in total. The number of nitrogens with one attached hydrogen (secondary N) is 1. The average molecular weight is 320 g/mol. The molecule has 0 aromatic heterocycles. The first-order chi connectivity index (χ1) is 11.1. The molecule has 1 aliphatic rings. The minimum atomic E-state index is -0.875. The van der Waals surface area contributed by atoms with Gasteiger partial charge in [0.1, 0.15) is 6.61 Å². The number of hydrogen-bond acceptors (Lipinski definition) is 4. The molecule has 0 saturated carbocycles. The highest BCUT2D eigenvalue weighted by atomic mass is 16.5. The van der Waals surface area contributed by atoms with Gasteiger partial charge in [-0.1, -0.05) is 37.3 Å². The molecule has 0 spiro atoms. The molecule has 1 fully saturated rings. The largest absolute Gasteiger partial charge is 0.481 e. The first-order valence-corrected chi connectivity index (χ1v) is 7.96. The molecular formula is C17H24N2O4. The summed E-state index contributed by atoms with van der Waals surface area (Å²) in [7, 11) is 0. The van der Waals surface area contributed by atoms with Gasteiger partial charge in [0.05, 0.1) is 12.0 Å². The van der Waals surface area contributed by atoms with Gasteiger partial charge in [0.2, 0.25) is 5.91 Å². The quantitative estimate of drug-likeness (QED) is 0.702. The standard InChI is InChI=1S/C17H24N2O4/c1-2-8-23-12-16(20)18-15-11-19(10-14(15)17(21)22)9-13-6-4-3-5-7-13/h3-7,14-15H,2,8-12H2,1H3,(H,18,20)(H,21,22). The topological polar surface area (TPSA) is 78.9 Å². The van der Waals surface area contributed by atoms with E-state index in [4.69, 9.17) is 4.74 Å². The summed E-state index contributed by atoms with van der Waals surface area (Å²) in [6.07, 6.45) is 0.847. The molecule has 1 aliphatic heterocycles. The van der Waals surface area contributed by atoms with Gasteiger partial charge in [-0.15, -0.1) is 0 Å². The Bertz CT molecular complexity index is 521. The molecule has 1 heterocycles. The summed E-state index contributed by atoms with van der Waals surface area (Å²) < 4.78 is 5.20. The Morgan fingerprint density at radius 1 is 1.30 bits per heavy atom. The molecule has 2 rings (SSSR count). The highest BCUT2D eigenvalue weighted by molar-refractivity contribution is 5.79. The number of hydrogen-bond donors (Lipinski definition) is 2. The SMILES string of the molecule is CCCOCC(=O)NC1CN(Cc2ccccc2)CC1C(=O)O. The van der Waals surface area contributed by atoms with E-state index in [0.29, 0.717) is 26.2 Å². The smallest absolute Gasteiger partial charge is 0.309 e. The van der Waals surface area contributed by atoms with Gasteiger partial charge in [-0.05, 0) is 12.0 Å². The van der Waals surface area contributed by atoms with Crippen molar-refractivity contribution < 1.29 is 19.4 Å². The molecule has 1 aromatic carbocycles. The van der Waals surface area contributed by atoms with E-state index in [1.54, 1.807) is 0 Å². The molecule has 0 radical (unpaired) electrons. The number of benzene rings is 1. The van der Waals surface area contributed by atoms with Crippen LogP contribution in [-0.4, -0.2) is 54.2 Å². The van der Waals surface area contributed by atoms with Crippen molar-refractivity contribution in [1.29, 1.82) is 0 Å². The number of carboxylic acid groups (broad SMARTS) is 1. The second-order valence-corrected chi connectivity index (χ2v) is 5.85. The van der Waals surface area contributed by atoms with Crippen LogP contribution < -0.4 is 5.32 Å². The predicted molar refractivity (Wildman–Crippen MR) is 85.9 cm³/mol. The highest BCUT2D eigenvalue weighted by Gasteiger charge is 2.38. The third kappa shape index (κ3) is 5.33. The molecule has 6 heteroatoms. The second-order valence-electron chi connectivity index (χ2n) is 5.85. The van der Waals surface area contributed by atoms with Gasteiger partial charge < -0.3 is 15.2 Å². The van der Waals surface area contributed by atoms with E-state index >= 15 is 0 Å². The minimum Gasteiger partial charge on any atom is -0.481 e. The zero-order chi connectivity index (χ0) is 16.7. The Balaban J connectivity index is 1.90. The van der Waals surface area contributed by atoms with Gasteiger partial charge in [-0.25, -0.2) is 0 Å². The summed E-state index contributed by atoms with van der Waals surface area (Å²) in [5.41, 5.74) is 1.13. The van der Waals surface area contributed by atoms with E-state index in [9.17, 15) is 14.7 Å². The zero-order valence-corrected chi connectivity index (χ0v) is 13.4. The zero-order valence-electron chi connectivity index (χ0n) is 13.4. The molecule has 1 amide bonds. The van der Waals surface area contributed by atoms with Gasteiger partial charge in [0.25, 0.3) is 0 Å². The fourth-order valence-corrected chi connectivity index (χ4v) is 2.81. The predicted octanol–water partition coefficient (Wildman–Crippen LogP) is 1.11. The summed E-state index contributed by atoms with van der Waals surface area (Å²) in [5, 5.41) is 12.2. The van der Waals surface area contributed by atoms with Crippen molar-refractivity contribution in [3.05, 3.63) is 35.9 Å². The Labute approximate surface area is 136 Å². The lowest BCUT2D eigenvalue weighted by molar-refractivity contribution is -0.142. The maximum atomic E-state index is 11.9. The van der Waals surface area contributed by atoms with Gasteiger partial charge in [0.15, 0.2) is 0 Å². The molecule has 1 aromatic rings. The van der Waals surface area contributed by atoms with Crippen LogP contribution in [0.2, 0.25) is 0 Å². The highest BCUT2D eigenvalue weighted by Crippen LogP contribution is 2.20. The number of likely N-dealkylation sites (tertiary alicyclic amines) is 1. The molecule has 0 bridgehead atoms. The third-order valence-electron chi connectivity index (χ3n) is 3.89. The summed E-state index contributed by atoms with van der Waals surface area (Å²) in [4.78, 5) is 25.4. The van der Waals surface area contributed by atoms with Crippen LogP contribution in [0, 0.1) is 5.92 Å². The van der Waals surface area contributed by atoms with Crippen LogP contribution in [0.15, 0.2) is 30.3 Å². The fraction of sp³-hybridized carbons (Fsp3) is 0.529. The van der Waals surface area contributed by atoms with Gasteiger partial charge in [-0.3, -0.25) is 14.5 Å². The molecule has 2 atom stereocenters. The van der Waals surface area contributed by atoms with Gasteiger partial charge in [-0.2, -0.15) is 0 Å². The molecule has 1 saturated heterocycles. The van der Waals surface area contributed by atoms with Crippen LogP contribution in [-0.2, 0) is 20.9 Å². The summed E-state index contributed by atoms with van der Waals surface area (Å²) in [6.45, 7) is 4.13. The number of rotatable bonds is 8. The van der Waals surface area contributed by atoms with Crippen molar-refractivity contribution in [3.8, 4) is 0 Å². The molecule has 23 heavy (non-hydrogen) atoms. The molecule has 126 valence electrons. The Morgan fingerprint density at radius 3 is 2.70 bits per heavy atom. The second kappa shape index (κ2) is 8.64. The summed E-state index contributed by atoms with van der Waals surface area (Å²) in [5.74, 6) is -1.72. The lowest BCUT2D eigenvalue weighted by Crippen LogP contribution is -2.44. The van der Waals surface area contributed by atoms with Crippen LogP contribution >= 0.6 is 0 Å². The van der Waals surface area contributed by atoms with E-state index in [2.05, 4.69) is 10.2 Å². The van der Waals surface area contributed by atoms with Crippen molar-refractivity contribution in [2.45, 2.75) is 25.9 Å². The van der Waals surface area contributed by atoms with E-state index < -0.39 is 11.9 Å². The third-order valence-corrected chi connectivity index (χ3v) is 3.89. The molecule has 2 unspecified atom stereocenters. The first kappa shape index (κ1) is 17.4. The number of carboxylic acids is 1. The number of ether oxygens (including phenoxy) is 1. The average Bonchev–Trinajstić information content (AvgIpc) is 2.91. The lowest BCUT2D eigenvalue weighted by atomic mass is 10.0. The number of carbonyl (C=O) groups is 2. The van der Waals surface area contributed by atoms with Crippen molar-refractivity contribution in [2.24, 2.45) is 5.92 Å². The Kier molecular flexibility index (Phi) is 6.55.